The maximum Gasteiger partial charge on any atom is 0.410 e. The number of benzene rings is 1. The molecule has 1 aliphatic carbocycles. The quantitative estimate of drug-likeness (QED) is 0.465. The number of fused-ring (bicyclic) bond motifs is 1. The molecule has 1 aromatic carbocycles. The summed E-state index contributed by atoms with van der Waals surface area (Å²) < 4.78 is 5.45. The summed E-state index contributed by atoms with van der Waals surface area (Å²) in [4.78, 5) is 42.8. The van der Waals surface area contributed by atoms with E-state index in [0.717, 1.165) is 49.4 Å². The van der Waals surface area contributed by atoms with Gasteiger partial charge in [0.25, 0.3) is 5.91 Å². The van der Waals surface area contributed by atoms with Gasteiger partial charge in [0.2, 0.25) is 5.91 Å². The molecule has 3 N–H and O–H groups in total. The van der Waals surface area contributed by atoms with Gasteiger partial charge in [0, 0.05) is 41.1 Å². The van der Waals surface area contributed by atoms with Crippen molar-refractivity contribution in [2.45, 2.75) is 77.0 Å². The number of piperidine rings is 1. The van der Waals surface area contributed by atoms with E-state index in [-0.39, 0.29) is 35.9 Å². The van der Waals surface area contributed by atoms with Crippen LogP contribution in [0.1, 0.15) is 69.8 Å². The van der Waals surface area contributed by atoms with E-state index in [1.165, 1.54) is 0 Å². The number of aromatic amines is 1. The van der Waals surface area contributed by atoms with Crippen molar-refractivity contribution < 1.29 is 19.1 Å². The number of ether oxygens (including phenoxy) is 1. The Morgan fingerprint density at radius 1 is 1.03 bits per heavy atom. The second-order valence-electron chi connectivity index (χ2n) is 11.1. The third-order valence-corrected chi connectivity index (χ3v) is 7.18. The highest BCUT2D eigenvalue weighted by atomic mass is 35.5. The van der Waals surface area contributed by atoms with Gasteiger partial charge in [0.05, 0.1) is 0 Å². The van der Waals surface area contributed by atoms with E-state index in [1.807, 2.05) is 39.0 Å². The summed E-state index contributed by atoms with van der Waals surface area (Å²) in [5, 5.41) is 7.71. The third-order valence-electron chi connectivity index (χ3n) is 6.95. The average Bonchev–Trinajstić information content (AvgIpc) is 3.27. The van der Waals surface area contributed by atoms with Gasteiger partial charge in [-0.3, -0.25) is 9.59 Å². The van der Waals surface area contributed by atoms with Crippen LogP contribution in [0.4, 0.5) is 4.79 Å². The first kappa shape index (κ1) is 27.0. The van der Waals surface area contributed by atoms with Gasteiger partial charge in [0.15, 0.2) is 0 Å². The van der Waals surface area contributed by atoms with Crippen molar-refractivity contribution >= 4 is 40.4 Å². The van der Waals surface area contributed by atoms with Crippen molar-refractivity contribution in [3.05, 3.63) is 47.1 Å². The number of allylic oxidation sites excluding steroid dienone is 1. The van der Waals surface area contributed by atoms with Gasteiger partial charge in [-0.2, -0.15) is 0 Å². The number of aromatic nitrogens is 1. The molecule has 2 aliphatic rings. The van der Waals surface area contributed by atoms with Gasteiger partial charge in [0.1, 0.15) is 11.3 Å². The minimum absolute atomic E-state index is 0.123. The third kappa shape index (κ3) is 7.51. The molecule has 1 aliphatic heterocycles. The fraction of sp³-hybridized carbons (Fsp3) is 0.536. The molecular weight excluding hydrogens is 492 g/mol. The Morgan fingerprint density at radius 3 is 2.38 bits per heavy atom. The molecule has 2 heterocycles. The van der Waals surface area contributed by atoms with Crippen LogP contribution in [0.2, 0.25) is 5.02 Å². The summed E-state index contributed by atoms with van der Waals surface area (Å²) in [5.74, 6) is -0.103. The Balaban J connectivity index is 1.27. The van der Waals surface area contributed by atoms with Crippen LogP contribution in [0, 0.1) is 5.92 Å². The van der Waals surface area contributed by atoms with Gasteiger partial charge >= 0.3 is 6.09 Å². The molecule has 37 heavy (non-hydrogen) atoms. The Bertz CT molecular complexity index is 1160. The predicted octanol–water partition coefficient (Wildman–Crippen LogP) is 5.18. The molecule has 3 amide bonds. The van der Waals surface area contributed by atoms with Crippen molar-refractivity contribution in [1.29, 1.82) is 0 Å². The lowest BCUT2D eigenvalue weighted by Gasteiger charge is -2.33. The summed E-state index contributed by atoms with van der Waals surface area (Å²) >= 11 is 6.06. The molecule has 0 bridgehead atoms. The highest BCUT2D eigenvalue weighted by Crippen LogP contribution is 2.23. The zero-order chi connectivity index (χ0) is 26.6. The minimum atomic E-state index is -0.508. The highest BCUT2D eigenvalue weighted by molar-refractivity contribution is 6.31. The summed E-state index contributed by atoms with van der Waals surface area (Å²) in [6.07, 6.45) is 8.49. The molecule has 1 saturated carbocycles. The number of carbonyl (C=O) groups is 3. The molecule has 2 fully saturated rings. The van der Waals surface area contributed by atoms with Crippen molar-refractivity contribution in [1.82, 2.24) is 20.5 Å². The van der Waals surface area contributed by atoms with Gasteiger partial charge in [-0.15, -0.1) is 0 Å². The number of amides is 3. The molecule has 1 aromatic heterocycles. The maximum absolute atomic E-state index is 12.9. The second-order valence-corrected chi connectivity index (χ2v) is 11.5. The number of likely N-dealkylation sites (tertiary alicyclic amines) is 1. The average molecular weight is 529 g/mol. The van der Waals surface area contributed by atoms with Crippen molar-refractivity contribution in [2.75, 3.05) is 13.1 Å². The Hall–Kier alpha value is -3.00. The van der Waals surface area contributed by atoms with Crippen LogP contribution < -0.4 is 10.6 Å². The monoisotopic (exact) mass is 528 g/mol. The molecule has 8 nitrogen and oxygen atoms in total. The lowest BCUT2D eigenvalue weighted by molar-refractivity contribution is -0.117. The molecular formula is C28H37ClN4O4. The first-order valence-corrected chi connectivity index (χ1v) is 13.5. The smallest absolute Gasteiger partial charge is 0.410 e. The van der Waals surface area contributed by atoms with E-state index in [1.54, 1.807) is 23.1 Å². The summed E-state index contributed by atoms with van der Waals surface area (Å²) in [6, 6.07) is 7.00. The van der Waals surface area contributed by atoms with E-state index in [9.17, 15) is 14.4 Å². The second kappa shape index (κ2) is 11.6. The van der Waals surface area contributed by atoms with Crippen molar-refractivity contribution in [2.24, 2.45) is 5.92 Å². The first-order chi connectivity index (χ1) is 17.6. The molecule has 0 radical (unpaired) electrons. The van der Waals surface area contributed by atoms with Gasteiger partial charge in [-0.25, -0.2) is 4.79 Å². The zero-order valence-electron chi connectivity index (χ0n) is 21.8. The van der Waals surface area contributed by atoms with E-state index >= 15 is 0 Å². The van der Waals surface area contributed by atoms with Crippen LogP contribution >= 0.6 is 11.6 Å². The van der Waals surface area contributed by atoms with Gasteiger partial charge in [-0.05, 0) is 82.7 Å². The lowest BCUT2D eigenvalue weighted by Crippen LogP contribution is -2.53. The van der Waals surface area contributed by atoms with E-state index in [2.05, 4.69) is 15.6 Å². The molecule has 2 aromatic rings. The SMILES string of the molecule is CC(C)(C)OC(=O)N1CCC(/C=C/C(=O)N[C@@H]2CCCC[C@@H]2NC(=O)c2cc3cc(Cl)ccc3[nH]2)CC1. The number of carbonyl (C=O) groups excluding carboxylic acids is 3. The number of rotatable bonds is 5. The Morgan fingerprint density at radius 2 is 1.70 bits per heavy atom. The number of hydrogen-bond donors (Lipinski definition) is 3. The fourth-order valence-electron chi connectivity index (χ4n) is 5.00. The molecule has 0 spiro atoms. The van der Waals surface area contributed by atoms with E-state index in [0.29, 0.717) is 23.8 Å². The summed E-state index contributed by atoms with van der Waals surface area (Å²) in [6.45, 7) is 6.81. The molecule has 9 heteroatoms. The van der Waals surface area contributed by atoms with E-state index < -0.39 is 5.60 Å². The largest absolute Gasteiger partial charge is 0.444 e. The molecule has 4 rings (SSSR count). The van der Waals surface area contributed by atoms with Gasteiger partial charge in [-0.1, -0.05) is 30.5 Å². The summed E-state index contributed by atoms with van der Waals surface area (Å²) in [5.41, 5.74) is 0.822. The fourth-order valence-corrected chi connectivity index (χ4v) is 5.18. The first-order valence-electron chi connectivity index (χ1n) is 13.1. The normalized spacial score (nSPS) is 21.2. The number of nitrogens with zero attached hydrogens (tertiary/aromatic N) is 1. The van der Waals surface area contributed by atoms with Crippen LogP contribution in [0.25, 0.3) is 10.9 Å². The zero-order valence-corrected chi connectivity index (χ0v) is 22.6. The van der Waals surface area contributed by atoms with Crippen LogP contribution in [0.3, 0.4) is 0 Å². The molecule has 2 atom stereocenters. The number of nitrogens with one attached hydrogen (secondary N) is 3. The van der Waals surface area contributed by atoms with Crippen LogP contribution in [0.5, 0.6) is 0 Å². The van der Waals surface area contributed by atoms with Crippen molar-refractivity contribution in [3.63, 3.8) is 0 Å². The summed E-state index contributed by atoms with van der Waals surface area (Å²) in [7, 11) is 0. The van der Waals surface area contributed by atoms with Crippen LogP contribution in [-0.4, -0.2) is 58.6 Å². The predicted molar refractivity (Wildman–Crippen MR) is 145 cm³/mol. The molecule has 1 saturated heterocycles. The maximum atomic E-state index is 12.9. The Labute approximate surface area is 223 Å². The van der Waals surface area contributed by atoms with Gasteiger partial charge < -0.3 is 25.3 Å². The van der Waals surface area contributed by atoms with Crippen LogP contribution in [0.15, 0.2) is 36.4 Å². The standard InChI is InChI=1S/C28H37ClN4O4/c1-28(2,3)37-27(36)33-14-12-18(13-15-33)8-11-25(34)31-22-6-4-5-7-23(22)32-26(35)24-17-19-16-20(29)9-10-21(19)30-24/h8-11,16-18,22-23,30H,4-7,12-15H2,1-3H3,(H,31,34)(H,32,35)/b11-8+/t22-,23+/m1/s1. The Kier molecular flexibility index (Phi) is 8.47. The molecule has 0 unspecified atom stereocenters. The highest BCUT2D eigenvalue weighted by Gasteiger charge is 2.29. The van der Waals surface area contributed by atoms with Crippen molar-refractivity contribution in [3.8, 4) is 0 Å². The van der Waals surface area contributed by atoms with E-state index in [4.69, 9.17) is 16.3 Å². The topological polar surface area (TPSA) is 104 Å². The number of H-pyrrole nitrogens is 1. The minimum Gasteiger partial charge on any atom is -0.444 e. The number of halogens is 1. The number of hydrogen-bond acceptors (Lipinski definition) is 4. The molecule has 200 valence electrons. The lowest BCUT2D eigenvalue weighted by atomic mass is 9.90. The van der Waals surface area contributed by atoms with Crippen LogP contribution in [-0.2, 0) is 9.53 Å².